The van der Waals surface area contributed by atoms with Gasteiger partial charge in [-0.25, -0.2) is 4.79 Å². The highest BCUT2D eigenvalue weighted by atomic mass is 31.0. The Labute approximate surface area is 173 Å². The minimum absolute atomic E-state index is 0.0893. The van der Waals surface area contributed by atoms with E-state index >= 15 is 0 Å². The first-order chi connectivity index (χ1) is 14.4. The van der Waals surface area contributed by atoms with E-state index in [1.807, 2.05) is 6.07 Å². The molecule has 2 atom stereocenters. The summed E-state index contributed by atoms with van der Waals surface area (Å²) in [5.41, 5.74) is 0.797. The number of rotatable bonds is 4. The average Bonchev–Trinajstić information content (AvgIpc) is 3.36. The van der Waals surface area contributed by atoms with Gasteiger partial charge in [0.25, 0.3) is 11.8 Å². The maximum absolute atomic E-state index is 13.0. The van der Waals surface area contributed by atoms with Crippen LogP contribution in [0.3, 0.4) is 0 Å². The van der Waals surface area contributed by atoms with Gasteiger partial charge in [0.15, 0.2) is 11.1 Å². The van der Waals surface area contributed by atoms with Crippen molar-refractivity contribution >= 4 is 43.5 Å². The Morgan fingerprint density at radius 1 is 1.27 bits per heavy atom. The van der Waals surface area contributed by atoms with E-state index in [2.05, 4.69) is 24.9 Å². The number of furan rings is 1. The highest BCUT2D eigenvalue weighted by molar-refractivity contribution is 7.27. The number of nitrogens with one attached hydrogen (secondary N) is 2. The lowest BCUT2D eigenvalue weighted by Gasteiger charge is -2.28. The van der Waals surface area contributed by atoms with Crippen molar-refractivity contribution in [1.82, 2.24) is 20.5 Å². The number of amides is 4. The van der Waals surface area contributed by atoms with E-state index in [4.69, 9.17) is 9.15 Å². The maximum Gasteiger partial charge on any atom is 0.322 e. The van der Waals surface area contributed by atoms with Crippen molar-refractivity contribution in [3.8, 4) is 5.75 Å². The number of carbonyl (C=O) groups excluding carboxylic acids is 3. The quantitative estimate of drug-likeness (QED) is 0.478. The normalized spacial score (nSPS) is 20.5. The Balaban J connectivity index is 1.55. The third-order valence-electron chi connectivity index (χ3n) is 5.38. The Morgan fingerprint density at radius 3 is 2.83 bits per heavy atom. The first-order valence-corrected chi connectivity index (χ1v) is 9.73. The Morgan fingerprint density at radius 2 is 2.10 bits per heavy atom. The number of methoxy groups -OCH3 is 1. The lowest BCUT2D eigenvalue weighted by atomic mass is 9.95. The van der Waals surface area contributed by atoms with Gasteiger partial charge in [-0.15, -0.1) is 9.24 Å². The molecule has 4 heterocycles. The van der Waals surface area contributed by atoms with Crippen LogP contribution in [0.15, 0.2) is 40.9 Å². The number of fused-ring (bicyclic) bond motifs is 2. The summed E-state index contributed by atoms with van der Waals surface area (Å²) in [6.45, 7) is 0.214. The molecule has 9 nitrogen and oxygen atoms in total. The molecule has 1 fully saturated rings. The van der Waals surface area contributed by atoms with E-state index in [-0.39, 0.29) is 18.2 Å². The zero-order valence-electron chi connectivity index (χ0n) is 15.9. The van der Waals surface area contributed by atoms with Gasteiger partial charge in [0, 0.05) is 24.4 Å². The number of benzene rings is 1. The van der Waals surface area contributed by atoms with Gasteiger partial charge in [-0.3, -0.25) is 19.9 Å². The lowest BCUT2D eigenvalue weighted by Crippen LogP contribution is -2.52. The second-order valence-corrected chi connectivity index (χ2v) is 7.93. The van der Waals surface area contributed by atoms with Crippen LogP contribution in [0.1, 0.15) is 21.7 Å². The van der Waals surface area contributed by atoms with Gasteiger partial charge < -0.3 is 19.4 Å². The number of pyridine rings is 1. The fourth-order valence-corrected chi connectivity index (χ4v) is 4.10. The highest BCUT2D eigenvalue weighted by Crippen LogP contribution is 2.34. The number of hydrogen-bond donors (Lipinski definition) is 2. The molecule has 2 aromatic heterocycles. The van der Waals surface area contributed by atoms with Crippen LogP contribution in [0.25, 0.3) is 11.1 Å². The predicted molar refractivity (Wildman–Crippen MR) is 109 cm³/mol. The zero-order chi connectivity index (χ0) is 21.0. The van der Waals surface area contributed by atoms with E-state index < -0.39 is 17.5 Å². The van der Waals surface area contributed by atoms with E-state index in [0.717, 1.165) is 10.9 Å². The van der Waals surface area contributed by atoms with E-state index in [1.165, 1.54) is 12.0 Å². The molecule has 0 spiro atoms. The van der Waals surface area contributed by atoms with Gasteiger partial charge in [0.2, 0.25) is 0 Å². The van der Waals surface area contributed by atoms with Crippen molar-refractivity contribution in [3.63, 3.8) is 0 Å². The third-order valence-corrected chi connectivity index (χ3v) is 5.69. The zero-order valence-corrected chi connectivity index (χ0v) is 17.0. The molecule has 30 heavy (non-hydrogen) atoms. The van der Waals surface area contributed by atoms with Crippen LogP contribution < -0.4 is 20.7 Å². The summed E-state index contributed by atoms with van der Waals surface area (Å²) in [5, 5.41) is 5.74. The van der Waals surface area contributed by atoms with Gasteiger partial charge in [-0.2, -0.15) is 0 Å². The number of ether oxygens (including phenoxy) is 1. The molecular formula is C20H17N4O5P. The molecule has 4 amide bonds. The molecule has 10 heteroatoms. The molecule has 2 aliphatic rings. The van der Waals surface area contributed by atoms with Crippen molar-refractivity contribution in [2.75, 3.05) is 13.7 Å². The fraction of sp³-hybridized carbons (Fsp3) is 0.200. The summed E-state index contributed by atoms with van der Waals surface area (Å²) >= 11 is 0. The number of carbonyl (C=O) groups is 3. The molecule has 1 saturated heterocycles. The topological polar surface area (TPSA) is 114 Å². The van der Waals surface area contributed by atoms with Crippen molar-refractivity contribution in [1.29, 1.82) is 0 Å². The molecule has 0 bridgehead atoms. The number of hydrogen-bond acceptors (Lipinski definition) is 6. The second-order valence-electron chi connectivity index (χ2n) is 7.26. The molecule has 0 saturated carbocycles. The first-order valence-electron chi connectivity index (χ1n) is 9.15. The van der Waals surface area contributed by atoms with Crippen molar-refractivity contribution in [2.45, 2.75) is 12.1 Å². The summed E-state index contributed by atoms with van der Waals surface area (Å²) in [4.78, 5) is 43.7. The smallest absolute Gasteiger partial charge is 0.322 e. The lowest BCUT2D eigenvalue weighted by molar-refractivity contribution is -0.125. The van der Waals surface area contributed by atoms with Crippen LogP contribution in [0, 0.1) is 0 Å². The van der Waals surface area contributed by atoms with Crippen LogP contribution in [-0.2, 0) is 16.9 Å². The minimum atomic E-state index is -1.55. The summed E-state index contributed by atoms with van der Waals surface area (Å²) in [5.74, 6) is -0.0508. The summed E-state index contributed by atoms with van der Waals surface area (Å²) in [7, 11) is 4.05. The number of aromatic nitrogens is 1. The van der Waals surface area contributed by atoms with E-state index in [0.29, 0.717) is 29.0 Å². The van der Waals surface area contributed by atoms with Crippen molar-refractivity contribution in [3.05, 3.63) is 53.4 Å². The fourth-order valence-electron chi connectivity index (χ4n) is 3.88. The molecule has 0 radical (unpaired) electrons. The van der Waals surface area contributed by atoms with Gasteiger partial charge >= 0.3 is 6.03 Å². The van der Waals surface area contributed by atoms with Crippen LogP contribution in [-0.4, -0.2) is 41.4 Å². The summed E-state index contributed by atoms with van der Waals surface area (Å²) in [6.07, 6.45) is 1.65. The number of imide groups is 1. The third kappa shape index (κ3) is 2.74. The molecule has 1 unspecified atom stereocenters. The van der Waals surface area contributed by atoms with Crippen LogP contribution in [0.4, 0.5) is 4.79 Å². The molecule has 2 N–H and O–H groups in total. The molecule has 1 aromatic carbocycles. The Bertz CT molecular complexity index is 1240. The summed E-state index contributed by atoms with van der Waals surface area (Å²) < 4.78 is 11.1. The van der Waals surface area contributed by atoms with Gasteiger partial charge in [0.1, 0.15) is 17.0 Å². The van der Waals surface area contributed by atoms with Crippen LogP contribution in [0.2, 0.25) is 0 Å². The van der Waals surface area contributed by atoms with Gasteiger partial charge in [0.05, 0.1) is 13.7 Å². The first kappa shape index (κ1) is 18.6. The maximum atomic E-state index is 13.0. The van der Waals surface area contributed by atoms with Gasteiger partial charge in [-0.1, -0.05) is 6.07 Å². The SMILES string of the molecule is COc1ccc2c(c1)C(=O)N(C[C@@]1(c3cc4ncc(P)cc4o3)NC(=O)NC1=O)C2. The summed E-state index contributed by atoms with van der Waals surface area (Å²) in [6, 6.07) is 8.00. The average molecular weight is 424 g/mol. The molecule has 5 rings (SSSR count). The van der Waals surface area contributed by atoms with E-state index in [1.54, 1.807) is 30.5 Å². The Hall–Kier alpha value is -3.45. The molecule has 0 aliphatic carbocycles. The monoisotopic (exact) mass is 424 g/mol. The highest BCUT2D eigenvalue weighted by Gasteiger charge is 2.53. The van der Waals surface area contributed by atoms with Crippen molar-refractivity contribution in [2.24, 2.45) is 0 Å². The minimum Gasteiger partial charge on any atom is -0.497 e. The molecular weight excluding hydrogens is 407 g/mol. The van der Waals surface area contributed by atoms with Crippen molar-refractivity contribution < 1.29 is 23.5 Å². The van der Waals surface area contributed by atoms with Crippen LogP contribution in [0.5, 0.6) is 5.75 Å². The predicted octanol–water partition coefficient (Wildman–Crippen LogP) is 1.03. The Kier molecular flexibility index (Phi) is 4.04. The molecule has 2 aliphatic heterocycles. The second kappa shape index (κ2) is 6.53. The molecule has 3 aromatic rings. The van der Waals surface area contributed by atoms with Gasteiger partial charge in [-0.05, 0) is 29.1 Å². The largest absolute Gasteiger partial charge is 0.497 e. The molecule has 152 valence electrons. The number of urea groups is 1. The standard InChI is InChI=1S/C20H17N4O5P/c1-28-11-3-2-10-8-24(17(25)13(10)4-11)9-20(18(26)22-19(27)23-20)16-6-14-15(29-16)5-12(30)7-21-14/h2-7H,8-9,30H2,1H3,(H2,22,23,26,27)/t20-/m0/s1. The number of nitrogens with zero attached hydrogens (tertiary/aromatic N) is 2. The van der Waals surface area contributed by atoms with Crippen LogP contribution >= 0.6 is 9.24 Å². The van der Waals surface area contributed by atoms with E-state index in [9.17, 15) is 14.4 Å².